The van der Waals surface area contributed by atoms with Crippen LogP contribution in [0.4, 0.5) is 0 Å². The Morgan fingerprint density at radius 3 is 2.50 bits per heavy atom. The summed E-state index contributed by atoms with van der Waals surface area (Å²) in [5, 5.41) is 3.06. The molecule has 5 rings (SSSR count). The maximum absolute atomic E-state index is 13.0. The second-order valence-corrected chi connectivity index (χ2v) is 8.24. The molecule has 1 N–H and O–H groups in total. The van der Waals surface area contributed by atoms with Gasteiger partial charge in [0.15, 0.2) is 5.82 Å². The van der Waals surface area contributed by atoms with Crippen molar-refractivity contribution in [1.82, 2.24) is 24.8 Å². The Balaban J connectivity index is 1.33. The fourth-order valence-electron chi connectivity index (χ4n) is 3.76. The molecule has 160 valence electrons. The average Bonchev–Trinajstić information content (AvgIpc) is 3.56. The summed E-state index contributed by atoms with van der Waals surface area (Å²) in [6, 6.07) is 15.8. The standard InChI is InChI=1S/C26H25N5O/c32-26(28-12-10-19-5-4-11-27-14-19)24-13-22(18-31(24)17-20-8-9-20)23-15-29-25(30-16-23)21-6-2-1-3-7-21/h1-7,11,13-16,18,20H,8-10,12,17H2,(H,28,32). The van der Waals surface area contributed by atoms with Gasteiger partial charge in [0.2, 0.25) is 0 Å². The van der Waals surface area contributed by atoms with Gasteiger partial charge in [-0.2, -0.15) is 0 Å². The van der Waals surface area contributed by atoms with Crippen LogP contribution in [0, 0.1) is 5.92 Å². The molecule has 1 aromatic carbocycles. The van der Waals surface area contributed by atoms with Crippen molar-refractivity contribution in [2.24, 2.45) is 5.92 Å². The molecular formula is C26H25N5O. The molecule has 1 saturated carbocycles. The SMILES string of the molecule is O=C(NCCc1cccnc1)c1cc(-c2cnc(-c3ccccc3)nc2)cn1CC1CC1. The lowest BCUT2D eigenvalue weighted by Gasteiger charge is -2.09. The molecule has 0 unspecified atom stereocenters. The number of pyridine rings is 1. The third kappa shape index (κ3) is 4.75. The van der Waals surface area contributed by atoms with E-state index in [4.69, 9.17) is 0 Å². The summed E-state index contributed by atoms with van der Waals surface area (Å²) in [5.41, 5.74) is 4.65. The highest BCUT2D eigenvalue weighted by atomic mass is 16.1. The molecule has 1 fully saturated rings. The quantitative estimate of drug-likeness (QED) is 0.456. The summed E-state index contributed by atoms with van der Waals surface area (Å²) in [4.78, 5) is 26.2. The van der Waals surface area contributed by atoms with Gasteiger partial charge < -0.3 is 9.88 Å². The van der Waals surface area contributed by atoms with Crippen LogP contribution in [0.1, 0.15) is 28.9 Å². The summed E-state index contributed by atoms with van der Waals surface area (Å²) in [7, 11) is 0. The van der Waals surface area contributed by atoms with Crippen LogP contribution in [-0.2, 0) is 13.0 Å². The molecule has 1 aliphatic rings. The lowest BCUT2D eigenvalue weighted by atomic mass is 10.1. The Morgan fingerprint density at radius 1 is 0.969 bits per heavy atom. The predicted molar refractivity (Wildman–Crippen MR) is 124 cm³/mol. The van der Waals surface area contributed by atoms with Gasteiger partial charge in [-0.15, -0.1) is 0 Å². The molecule has 0 radical (unpaired) electrons. The molecule has 3 aromatic heterocycles. The fraction of sp³-hybridized carbons (Fsp3) is 0.231. The van der Waals surface area contributed by atoms with Crippen molar-refractivity contribution >= 4 is 5.91 Å². The molecule has 1 amide bonds. The summed E-state index contributed by atoms with van der Waals surface area (Å²) < 4.78 is 2.08. The normalized spacial score (nSPS) is 13.1. The minimum absolute atomic E-state index is 0.0531. The van der Waals surface area contributed by atoms with Gasteiger partial charge in [0.25, 0.3) is 5.91 Å². The van der Waals surface area contributed by atoms with Gasteiger partial charge in [0.1, 0.15) is 5.69 Å². The van der Waals surface area contributed by atoms with Crippen molar-refractivity contribution in [3.8, 4) is 22.5 Å². The van der Waals surface area contributed by atoms with Crippen LogP contribution in [0.3, 0.4) is 0 Å². The monoisotopic (exact) mass is 423 g/mol. The van der Waals surface area contributed by atoms with E-state index in [0.717, 1.165) is 35.2 Å². The fourth-order valence-corrected chi connectivity index (χ4v) is 3.76. The lowest BCUT2D eigenvalue weighted by molar-refractivity contribution is 0.0944. The van der Waals surface area contributed by atoms with E-state index in [1.54, 1.807) is 6.20 Å². The number of hydrogen-bond acceptors (Lipinski definition) is 4. The number of carbonyl (C=O) groups is 1. The molecule has 32 heavy (non-hydrogen) atoms. The van der Waals surface area contributed by atoms with Crippen molar-refractivity contribution < 1.29 is 4.79 Å². The summed E-state index contributed by atoms with van der Waals surface area (Å²) in [6.07, 6.45) is 12.5. The molecule has 0 aliphatic heterocycles. The molecule has 0 bridgehead atoms. The first kappa shape index (κ1) is 20.1. The molecule has 0 saturated heterocycles. The van der Waals surface area contributed by atoms with E-state index < -0.39 is 0 Å². The number of benzene rings is 1. The first-order chi connectivity index (χ1) is 15.8. The Kier molecular flexibility index (Phi) is 5.75. The van der Waals surface area contributed by atoms with E-state index >= 15 is 0 Å². The van der Waals surface area contributed by atoms with E-state index in [-0.39, 0.29) is 5.91 Å². The van der Waals surface area contributed by atoms with E-state index in [2.05, 4.69) is 31.0 Å². The Labute approximate surface area is 187 Å². The number of carbonyl (C=O) groups excluding carboxylic acids is 1. The third-order valence-corrected chi connectivity index (χ3v) is 5.72. The predicted octanol–water partition coefficient (Wildman–Crippen LogP) is 4.39. The number of hydrogen-bond donors (Lipinski definition) is 1. The summed E-state index contributed by atoms with van der Waals surface area (Å²) in [5.74, 6) is 1.30. The molecular weight excluding hydrogens is 398 g/mol. The van der Waals surface area contributed by atoms with E-state index in [1.807, 2.05) is 67.1 Å². The van der Waals surface area contributed by atoms with Crippen LogP contribution < -0.4 is 5.32 Å². The minimum Gasteiger partial charge on any atom is -0.350 e. The van der Waals surface area contributed by atoms with Gasteiger partial charge in [-0.3, -0.25) is 9.78 Å². The maximum Gasteiger partial charge on any atom is 0.267 e. The van der Waals surface area contributed by atoms with Crippen LogP contribution in [-0.4, -0.2) is 32.0 Å². The van der Waals surface area contributed by atoms with Crippen molar-refractivity contribution in [3.63, 3.8) is 0 Å². The highest BCUT2D eigenvalue weighted by molar-refractivity contribution is 5.94. The molecule has 0 spiro atoms. The van der Waals surface area contributed by atoms with E-state index in [1.165, 1.54) is 12.8 Å². The highest BCUT2D eigenvalue weighted by Crippen LogP contribution is 2.32. The van der Waals surface area contributed by atoms with Crippen LogP contribution in [0.2, 0.25) is 0 Å². The Bertz CT molecular complexity index is 1180. The number of aromatic nitrogens is 4. The smallest absolute Gasteiger partial charge is 0.267 e. The van der Waals surface area contributed by atoms with Crippen molar-refractivity contribution in [2.45, 2.75) is 25.8 Å². The lowest BCUT2D eigenvalue weighted by Crippen LogP contribution is -2.28. The van der Waals surface area contributed by atoms with Gasteiger partial charge in [-0.1, -0.05) is 36.4 Å². The zero-order chi connectivity index (χ0) is 21.8. The largest absolute Gasteiger partial charge is 0.350 e. The molecule has 3 heterocycles. The van der Waals surface area contributed by atoms with Crippen LogP contribution in [0.25, 0.3) is 22.5 Å². The minimum atomic E-state index is -0.0531. The average molecular weight is 424 g/mol. The first-order valence-electron chi connectivity index (χ1n) is 11.0. The van der Waals surface area contributed by atoms with Gasteiger partial charge in [0.05, 0.1) is 0 Å². The van der Waals surface area contributed by atoms with Crippen molar-refractivity contribution in [1.29, 1.82) is 0 Å². The molecule has 6 heteroatoms. The van der Waals surface area contributed by atoms with Crippen molar-refractivity contribution in [2.75, 3.05) is 6.54 Å². The van der Waals surface area contributed by atoms with Crippen LogP contribution in [0.15, 0.2) is 79.5 Å². The molecule has 1 aliphatic carbocycles. The van der Waals surface area contributed by atoms with Crippen molar-refractivity contribution in [3.05, 3.63) is 90.8 Å². The Hall–Kier alpha value is -3.80. The van der Waals surface area contributed by atoms with Gasteiger partial charge in [0, 0.05) is 60.8 Å². The molecule has 4 aromatic rings. The second-order valence-electron chi connectivity index (χ2n) is 8.24. The van der Waals surface area contributed by atoms with Gasteiger partial charge in [-0.05, 0) is 42.9 Å². The summed E-state index contributed by atoms with van der Waals surface area (Å²) in [6.45, 7) is 1.44. The van der Waals surface area contributed by atoms with Gasteiger partial charge in [-0.25, -0.2) is 9.97 Å². The summed E-state index contributed by atoms with van der Waals surface area (Å²) >= 11 is 0. The topological polar surface area (TPSA) is 72.7 Å². The zero-order valence-corrected chi connectivity index (χ0v) is 17.8. The number of nitrogens with one attached hydrogen (secondary N) is 1. The number of nitrogens with zero attached hydrogens (tertiary/aromatic N) is 4. The van der Waals surface area contributed by atoms with Crippen LogP contribution in [0.5, 0.6) is 0 Å². The van der Waals surface area contributed by atoms with E-state index in [0.29, 0.717) is 24.0 Å². The molecule has 6 nitrogen and oxygen atoms in total. The zero-order valence-electron chi connectivity index (χ0n) is 17.8. The molecule has 0 atom stereocenters. The van der Waals surface area contributed by atoms with E-state index in [9.17, 15) is 4.79 Å². The highest BCUT2D eigenvalue weighted by Gasteiger charge is 2.24. The first-order valence-corrected chi connectivity index (χ1v) is 11.0. The third-order valence-electron chi connectivity index (χ3n) is 5.72. The second kappa shape index (κ2) is 9.14. The maximum atomic E-state index is 13.0. The van der Waals surface area contributed by atoms with Crippen LogP contribution >= 0.6 is 0 Å². The van der Waals surface area contributed by atoms with Gasteiger partial charge >= 0.3 is 0 Å². The number of amides is 1. The Morgan fingerprint density at radius 2 is 1.78 bits per heavy atom. The number of rotatable bonds is 8.